The van der Waals surface area contributed by atoms with Gasteiger partial charge < -0.3 is 29.2 Å². The first-order valence-corrected chi connectivity index (χ1v) is 38.0. The lowest BCUT2D eigenvalue weighted by Crippen LogP contribution is -2.54. The molecule has 18 atom stereocenters. The zero-order valence-corrected chi connectivity index (χ0v) is 58.8. The molecule has 13 rings (SSSR count). The topological polar surface area (TPSA) is 198 Å². The van der Waals surface area contributed by atoms with Crippen LogP contribution in [-0.2, 0) is 57.8 Å². The summed E-state index contributed by atoms with van der Waals surface area (Å²) in [5.74, 6) is 7.58. The molecule has 18 heteroatoms. The first kappa shape index (κ1) is 66.0. The number of benzene rings is 2. The van der Waals surface area contributed by atoms with E-state index in [2.05, 4.69) is 135 Å². The first-order chi connectivity index (χ1) is 44.3. The van der Waals surface area contributed by atoms with Crippen molar-refractivity contribution in [2.45, 2.75) is 215 Å². The number of nitrogens with zero attached hydrogens (tertiary/aromatic N) is 7. The van der Waals surface area contributed by atoms with Gasteiger partial charge in [0.1, 0.15) is 47.3 Å². The molecule has 2 aromatic carbocycles. The van der Waals surface area contributed by atoms with E-state index in [0.29, 0.717) is 72.2 Å². The highest BCUT2D eigenvalue weighted by Crippen LogP contribution is 2.70. The van der Waals surface area contributed by atoms with Crippen LogP contribution >= 0.6 is 31.9 Å². The van der Waals surface area contributed by atoms with Gasteiger partial charge in [0.25, 0.3) is 0 Å². The third kappa shape index (κ3) is 12.5. The fourth-order valence-electron chi connectivity index (χ4n) is 22.8. The lowest BCUT2D eigenvalue weighted by atomic mass is 9.44. The van der Waals surface area contributed by atoms with E-state index in [1.807, 2.05) is 12.4 Å². The van der Waals surface area contributed by atoms with Gasteiger partial charge in [-0.15, -0.1) is 10.2 Å². The van der Waals surface area contributed by atoms with Crippen LogP contribution in [0.2, 0.25) is 0 Å². The van der Waals surface area contributed by atoms with Gasteiger partial charge >= 0.3 is 23.9 Å². The maximum Gasteiger partial charge on any atom is 0.328 e. The van der Waals surface area contributed by atoms with E-state index < -0.39 is 0 Å². The van der Waals surface area contributed by atoms with Gasteiger partial charge in [0.15, 0.2) is 0 Å². The molecule has 8 fully saturated rings. The third-order valence-corrected chi connectivity index (χ3v) is 28.1. The highest BCUT2D eigenvalue weighted by Gasteiger charge is 2.63. The molecule has 8 unspecified atom stereocenters. The Morgan fingerprint density at radius 1 is 0.554 bits per heavy atom. The fraction of sp³-hybridized carbons (Fsp3) is 0.730. The molecule has 0 saturated heterocycles. The van der Waals surface area contributed by atoms with Crippen LogP contribution in [0.25, 0.3) is 44.3 Å². The van der Waals surface area contributed by atoms with Crippen LogP contribution in [0.3, 0.4) is 0 Å². The highest BCUT2D eigenvalue weighted by atomic mass is 79.9. The summed E-state index contributed by atoms with van der Waals surface area (Å²) < 4.78 is 28.8. The molecule has 16 nitrogen and oxygen atoms in total. The molecule has 500 valence electrons. The van der Waals surface area contributed by atoms with Crippen LogP contribution in [0.4, 0.5) is 0 Å². The van der Waals surface area contributed by atoms with E-state index in [1.165, 1.54) is 77.0 Å². The SMILES string of the molecule is C[C@H](CCCOC(=O)CBr)C1CC[C@H]2[C@@H]3CC[C@@H]4C[C@H](OC(=O)Cn5cc(-c6ccc7c8ccc(-c9cn(CC(=O)O[C@@H]%10CCC%11(C)C%12CCC%13(C)C([C@H](C)CCCOC(=O)CBr)CC[C@H]%13[C@@H]%12CC[C@@H]%11C%10)nn9)cc8n(CCN)c7c6)nn5)CCC4(C)C3CCC12C. The third-order valence-electron chi connectivity index (χ3n) is 27.2. The molecule has 2 N–H and O–H groups in total. The van der Waals surface area contributed by atoms with Crippen molar-refractivity contribution < 1.29 is 38.1 Å². The summed E-state index contributed by atoms with van der Waals surface area (Å²) in [4.78, 5) is 50.7. The number of aromatic nitrogens is 7. The molecule has 8 saturated carbocycles. The zero-order valence-electron chi connectivity index (χ0n) is 55.6. The van der Waals surface area contributed by atoms with Crippen LogP contribution in [-0.4, -0.2) is 101 Å². The molecule has 0 amide bonds. The number of nitrogens with two attached hydrogens (primary N) is 1. The number of fused-ring (bicyclic) bond motifs is 13. The lowest BCUT2D eigenvalue weighted by Gasteiger charge is -2.61. The Morgan fingerprint density at radius 3 is 1.40 bits per heavy atom. The molecule has 3 aromatic heterocycles. The van der Waals surface area contributed by atoms with Crippen molar-refractivity contribution in [1.29, 1.82) is 0 Å². The number of rotatable bonds is 22. The van der Waals surface area contributed by atoms with Gasteiger partial charge in [0, 0.05) is 46.0 Å². The summed E-state index contributed by atoms with van der Waals surface area (Å²) in [5, 5.41) is 20.7. The summed E-state index contributed by atoms with van der Waals surface area (Å²) in [6.45, 7) is 17.4. The minimum Gasteiger partial charge on any atom is -0.465 e. The number of carbonyl (C=O) groups is 4. The molecular weight excluding hydrogens is 1290 g/mol. The van der Waals surface area contributed by atoms with Crippen molar-refractivity contribution in [3.8, 4) is 22.5 Å². The van der Waals surface area contributed by atoms with E-state index in [0.717, 1.165) is 144 Å². The molecule has 92 heavy (non-hydrogen) atoms. The molecular formula is C74H102Br2N8O8. The summed E-state index contributed by atoms with van der Waals surface area (Å²) in [6, 6.07) is 12.7. The molecule has 0 radical (unpaired) electrons. The van der Waals surface area contributed by atoms with Crippen LogP contribution in [0.5, 0.6) is 0 Å². The Labute approximate surface area is 561 Å². The first-order valence-electron chi connectivity index (χ1n) is 35.7. The van der Waals surface area contributed by atoms with Crippen molar-refractivity contribution in [3.05, 3.63) is 48.8 Å². The van der Waals surface area contributed by atoms with Gasteiger partial charge in [0.05, 0.1) is 25.6 Å². The van der Waals surface area contributed by atoms with Crippen molar-refractivity contribution in [1.82, 2.24) is 34.6 Å². The molecule has 5 aromatic rings. The normalized spacial score (nSPS) is 34.6. The minimum atomic E-state index is -0.263. The second-order valence-electron chi connectivity index (χ2n) is 31.5. The second-order valence-corrected chi connectivity index (χ2v) is 32.6. The number of ether oxygens (including phenoxy) is 4. The van der Waals surface area contributed by atoms with Gasteiger partial charge in [0.2, 0.25) is 0 Å². The number of alkyl halides is 2. The maximum absolute atomic E-state index is 13.7. The Morgan fingerprint density at radius 2 is 0.978 bits per heavy atom. The Bertz CT molecular complexity index is 3270. The maximum atomic E-state index is 13.7. The number of hydrogen-bond acceptors (Lipinski definition) is 13. The number of esters is 4. The average molecular weight is 1390 g/mol. The monoisotopic (exact) mass is 1390 g/mol. The Balaban J connectivity index is 0.589. The van der Waals surface area contributed by atoms with Gasteiger partial charge in [-0.1, -0.05) is 108 Å². The molecule has 0 aliphatic heterocycles. The summed E-state index contributed by atoms with van der Waals surface area (Å²) in [6.07, 6.45) is 29.1. The van der Waals surface area contributed by atoms with Crippen molar-refractivity contribution in [2.75, 3.05) is 30.4 Å². The van der Waals surface area contributed by atoms with Gasteiger partial charge in [-0.2, -0.15) is 0 Å². The average Bonchev–Trinajstić information content (AvgIpc) is 1.31. The van der Waals surface area contributed by atoms with Gasteiger partial charge in [-0.05, 0) is 246 Å². The standard InChI is InChI=1S/C74H102Br2N8O8/c1-45(9-7-33-89-67(85)39-75)57-19-21-59-55-17-13-49-37-51(23-27-71(49,3)61(55)25-29-73(57,59)5)91-69(87)43-82-41-63(78-80-82)47-11-15-53-54-16-12-48(36-66(54)84(32-31-77)65(53)35-47)64-42-83(81-79-64)44-70(88)92-52-24-28-72(4)50(38-52)14-18-56-60-22-20-58(74(60,6)30-26-62(56)72)46(2)10-8-34-90-68(86)40-76/h11-12,15-16,35-36,41-42,45-46,49-52,55-62H,7-10,13-14,17-34,37-40,43-44,77H2,1-6H3/t45-,46-,49-,50-,51-,52-,55+,56+,57?,58?,59+,60+,61?,62?,71?,72?,73?,74?/m1/s1. The summed E-state index contributed by atoms with van der Waals surface area (Å²) in [5.41, 5.74) is 12.8. The number of halogens is 2. The summed E-state index contributed by atoms with van der Waals surface area (Å²) >= 11 is 6.41. The highest BCUT2D eigenvalue weighted by molar-refractivity contribution is 9.09. The quantitative estimate of drug-likeness (QED) is 0.0297. The molecule has 8 aliphatic carbocycles. The Hall–Kier alpha value is -4.68. The zero-order chi connectivity index (χ0) is 64.3. The molecule has 8 aliphatic rings. The van der Waals surface area contributed by atoms with E-state index >= 15 is 0 Å². The van der Waals surface area contributed by atoms with Crippen LogP contribution < -0.4 is 5.73 Å². The van der Waals surface area contributed by atoms with Gasteiger partial charge in [-0.3, -0.25) is 19.2 Å². The summed E-state index contributed by atoms with van der Waals surface area (Å²) in [7, 11) is 0. The number of hydrogen-bond donors (Lipinski definition) is 1. The van der Waals surface area contributed by atoms with Crippen LogP contribution in [0.1, 0.15) is 183 Å². The van der Waals surface area contributed by atoms with Crippen molar-refractivity contribution >= 4 is 77.5 Å². The van der Waals surface area contributed by atoms with E-state index in [-0.39, 0.29) is 70.7 Å². The van der Waals surface area contributed by atoms with E-state index in [9.17, 15) is 19.2 Å². The molecule has 0 spiro atoms. The lowest BCUT2D eigenvalue weighted by molar-refractivity contribution is -0.164. The van der Waals surface area contributed by atoms with Crippen LogP contribution in [0.15, 0.2) is 48.8 Å². The fourth-order valence-corrected chi connectivity index (χ4v) is 23.1. The van der Waals surface area contributed by atoms with Crippen LogP contribution in [0, 0.1) is 92.7 Å². The van der Waals surface area contributed by atoms with Gasteiger partial charge in [-0.25, -0.2) is 9.36 Å². The van der Waals surface area contributed by atoms with Crippen molar-refractivity contribution in [3.63, 3.8) is 0 Å². The smallest absolute Gasteiger partial charge is 0.328 e. The van der Waals surface area contributed by atoms with Crippen molar-refractivity contribution in [2.24, 2.45) is 98.4 Å². The van der Waals surface area contributed by atoms with E-state index in [4.69, 9.17) is 24.7 Å². The number of carbonyl (C=O) groups excluding carboxylic acids is 4. The predicted molar refractivity (Wildman–Crippen MR) is 363 cm³/mol. The minimum absolute atomic E-state index is 0.00865. The molecule has 3 heterocycles. The predicted octanol–water partition coefficient (Wildman–Crippen LogP) is 15.1. The second kappa shape index (κ2) is 27.1. The Kier molecular flexibility index (Phi) is 19.4. The van der Waals surface area contributed by atoms with E-state index in [1.54, 1.807) is 9.36 Å². The largest absolute Gasteiger partial charge is 0.465 e. The molecule has 0 bridgehead atoms.